The van der Waals surface area contributed by atoms with Gasteiger partial charge in [0.2, 0.25) is 5.91 Å². The maximum atomic E-state index is 12.7. The van der Waals surface area contributed by atoms with Gasteiger partial charge in [-0.2, -0.15) is 0 Å². The normalized spacial score (nSPS) is 40.2. The van der Waals surface area contributed by atoms with Crippen LogP contribution in [0.4, 0.5) is 0 Å². The Bertz CT molecular complexity index is 431. The van der Waals surface area contributed by atoms with Gasteiger partial charge in [0.05, 0.1) is 11.7 Å². The molecule has 0 aromatic carbocycles. The Kier molecular flexibility index (Phi) is 3.58. The van der Waals surface area contributed by atoms with Gasteiger partial charge >= 0.3 is 0 Å². The molecule has 2 aliphatic carbocycles. The average Bonchev–Trinajstić information content (AvgIpc) is 2.93. The lowest BCUT2D eigenvalue weighted by Gasteiger charge is -2.60. The molecule has 1 amide bonds. The molecule has 5 nitrogen and oxygen atoms in total. The largest absolute Gasteiger partial charge is 0.388 e. The van der Waals surface area contributed by atoms with Crippen LogP contribution in [0.3, 0.4) is 0 Å². The molecule has 0 spiro atoms. The molecule has 5 heteroatoms. The zero-order valence-electron chi connectivity index (χ0n) is 13.2. The molecule has 0 aromatic heterocycles. The molecule has 1 aliphatic heterocycles. The average molecular weight is 296 g/mol. The van der Waals surface area contributed by atoms with Crippen LogP contribution in [-0.4, -0.2) is 41.4 Å². The van der Waals surface area contributed by atoms with E-state index >= 15 is 0 Å². The molecule has 2 saturated carbocycles. The molecule has 4 N–H and O–H groups in total. The minimum Gasteiger partial charge on any atom is -0.388 e. The van der Waals surface area contributed by atoms with Crippen molar-refractivity contribution in [3.63, 3.8) is 0 Å². The first-order valence-corrected chi connectivity index (χ1v) is 8.22. The number of rotatable bonds is 3. The van der Waals surface area contributed by atoms with Crippen LogP contribution < -0.4 is 11.1 Å². The van der Waals surface area contributed by atoms with Crippen LogP contribution in [-0.2, 0) is 9.53 Å². The topological polar surface area (TPSA) is 84.6 Å². The zero-order valence-corrected chi connectivity index (χ0v) is 13.2. The minimum atomic E-state index is -0.876. The van der Waals surface area contributed by atoms with Gasteiger partial charge in [-0.25, -0.2) is 0 Å². The Hall–Kier alpha value is -0.650. The summed E-state index contributed by atoms with van der Waals surface area (Å²) in [5.74, 6) is -0.0215. The fraction of sp³-hybridized carbons (Fsp3) is 0.938. The maximum Gasteiger partial charge on any atom is 0.241 e. The summed E-state index contributed by atoms with van der Waals surface area (Å²) in [7, 11) is 0. The summed E-state index contributed by atoms with van der Waals surface area (Å²) in [6.07, 6.45) is 5.71. The smallest absolute Gasteiger partial charge is 0.241 e. The highest BCUT2D eigenvalue weighted by Crippen LogP contribution is 2.58. The Morgan fingerprint density at radius 1 is 1.33 bits per heavy atom. The van der Waals surface area contributed by atoms with Crippen LogP contribution in [0, 0.1) is 11.3 Å². The molecule has 120 valence electrons. The first-order chi connectivity index (χ1) is 9.81. The Labute approximate surface area is 126 Å². The van der Waals surface area contributed by atoms with E-state index in [2.05, 4.69) is 5.32 Å². The number of aliphatic hydroxyl groups is 1. The van der Waals surface area contributed by atoms with Gasteiger partial charge in [0.1, 0.15) is 5.54 Å². The van der Waals surface area contributed by atoms with Crippen molar-refractivity contribution < 1.29 is 14.6 Å². The molecule has 3 aliphatic rings. The quantitative estimate of drug-likeness (QED) is 0.723. The van der Waals surface area contributed by atoms with E-state index in [9.17, 15) is 9.90 Å². The van der Waals surface area contributed by atoms with Crippen LogP contribution in [0.2, 0.25) is 0 Å². The summed E-state index contributed by atoms with van der Waals surface area (Å²) >= 11 is 0. The van der Waals surface area contributed by atoms with E-state index < -0.39 is 11.1 Å². The van der Waals surface area contributed by atoms with Crippen LogP contribution >= 0.6 is 0 Å². The molecule has 0 radical (unpaired) electrons. The highest BCUT2D eigenvalue weighted by atomic mass is 16.5. The Morgan fingerprint density at radius 2 is 2.00 bits per heavy atom. The predicted molar refractivity (Wildman–Crippen MR) is 79.6 cm³/mol. The van der Waals surface area contributed by atoms with Crippen LogP contribution in [0.5, 0.6) is 0 Å². The second-order valence-electron chi connectivity index (χ2n) is 7.74. The third kappa shape index (κ3) is 2.13. The summed E-state index contributed by atoms with van der Waals surface area (Å²) in [5, 5.41) is 13.4. The number of carbonyl (C=O) groups is 1. The number of hydrogen-bond acceptors (Lipinski definition) is 4. The summed E-state index contributed by atoms with van der Waals surface area (Å²) in [6.45, 7) is 5.02. The third-order valence-electron chi connectivity index (χ3n) is 6.19. The van der Waals surface area contributed by atoms with E-state index in [1.54, 1.807) is 0 Å². The molecule has 3 fully saturated rings. The van der Waals surface area contributed by atoms with E-state index in [1.807, 2.05) is 13.8 Å². The van der Waals surface area contributed by atoms with Gasteiger partial charge in [-0.3, -0.25) is 4.79 Å². The molecular formula is C16H28N2O3. The monoisotopic (exact) mass is 296 g/mol. The summed E-state index contributed by atoms with van der Waals surface area (Å²) in [6, 6.07) is 0. The highest BCUT2D eigenvalue weighted by molar-refractivity contribution is 5.89. The lowest BCUT2D eigenvalue weighted by molar-refractivity contribution is -0.176. The predicted octanol–water partition coefficient (Wildman–Crippen LogP) is 0.940. The first-order valence-electron chi connectivity index (χ1n) is 8.22. The highest BCUT2D eigenvalue weighted by Gasteiger charge is 2.71. The molecule has 1 saturated heterocycles. The lowest BCUT2D eigenvalue weighted by atomic mass is 9.48. The van der Waals surface area contributed by atoms with Crippen molar-refractivity contribution in [3.05, 3.63) is 0 Å². The van der Waals surface area contributed by atoms with Crippen molar-refractivity contribution in [1.82, 2.24) is 5.32 Å². The fourth-order valence-corrected chi connectivity index (χ4v) is 4.62. The Balaban J connectivity index is 1.65. The van der Waals surface area contributed by atoms with E-state index in [0.29, 0.717) is 13.2 Å². The van der Waals surface area contributed by atoms with E-state index in [1.165, 1.54) is 6.42 Å². The molecule has 0 bridgehead atoms. The number of hydrogen-bond donors (Lipinski definition) is 3. The first kappa shape index (κ1) is 15.3. The van der Waals surface area contributed by atoms with Crippen molar-refractivity contribution in [1.29, 1.82) is 0 Å². The lowest BCUT2D eigenvalue weighted by Crippen LogP contribution is -2.80. The maximum absolute atomic E-state index is 12.7. The minimum absolute atomic E-state index is 0.0889. The molecule has 3 atom stereocenters. The van der Waals surface area contributed by atoms with Gasteiger partial charge < -0.3 is 20.9 Å². The van der Waals surface area contributed by atoms with Crippen molar-refractivity contribution in [3.8, 4) is 0 Å². The van der Waals surface area contributed by atoms with Gasteiger partial charge in [0.15, 0.2) is 0 Å². The van der Waals surface area contributed by atoms with E-state index in [4.69, 9.17) is 10.5 Å². The molecule has 3 rings (SSSR count). The van der Waals surface area contributed by atoms with Gasteiger partial charge in [-0.1, -0.05) is 33.1 Å². The van der Waals surface area contributed by atoms with Crippen LogP contribution in [0.15, 0.2) is 0 Å². The summed E-state index contributed by atoms with van der Waals surface area (Å²) in [5.41, 5.74) is 4.52. The number of nitrogens with two attached hydrogens (primary N) is 1. The number of amides is 1. The third-order valence-corrected chi connectivity index (χ3v) is 6.19. The molecular weight excluding hydrogens is 268 g/mol. The standard InChI is InChI=1S/C16H28N2O3/c1-14(2)12-11(6-9-21-12)16(14,17)13(19)18-10-15(20)7-4-3-5-8-15/h11-12,20H,3-10,17H2,1-2H3,(H,18,19). The summed E-state index contributed by atoms with van der Waals surface area (Å²) < 4.78 is 5.72. The van der Waals surface area contributed by atoms with Crippen molar-refractivity contribution >= 4 is 5.91 Å². The fourth-order valence-electron chi connectivity index (χ4n) is 4.62. The van der Waals surface area contributed by atoms with Gasteiger partial charge in [0.25, 0.3) is 0 Å². The molecule has 0 aromatic rings. The SMILES string of the molecule is CC1(C)C2OCCC2C1(N)C(=O)NCC1(O)CCCCC1. The van der Waals surface area contributed by atoms with Crippen molar-refractivity contribution in [2.45, 2.75) is 69.6 Å². The second-order valence-corrected chi connectivity index (χ2v) is 7.74. The molecule has 3 unspecified atom stereocenters. The van der Waals surface area contributed by atoms with E-state index in [-0.39, 0.29) is 23.3 Å². The molecule has 1 heterocycles. The second kappa shape index (κ2) is 4.93. The summed E-state index contributed by atoms with van der Waals surface area (Å²) in [4.78, 5) is 12.7. The van der Waals surface area contributed by atoms with Gasteiger partial charge in [-0.15, -0.1) is 0 Å². The van der Waals surface area contributed by atoms with Gasteiger partial charge in [0, 0.05) is 24.5 Å². The number of fused-ring (bicyclic) bond motifs is 1. The van der Waals surface area contributed by atoms with Crippen LogP contribution in [0.25, 0.3) is 0 Å². The van der Waals surface area contributed by atoms with Gasteiger partial charge in [-0.05, 0) is 19.3 Å². The van der Waals surface area contributed by atoms with Crippen molar-refractivity contribution in [2.75, 3.05) is 13.2 Å². The number of carbonyl (C=O) groups excluding carboxylic acids is 1. The molecule has 21 heavy (non-hydrogen) atoms. The number of nitrogens with one attached hydrogen (secondary N) is 1. The van der Waals surface area contributed by atoms with Crippen LogP contribution in [0.1, 0.15) is 52.4 Å². The zero-order chi connectivity index (χ0) is 15.3. The number of ether oxygens (including phenoxy) is 1. The van der Waals surface area contributed by atoms with E-state index in [0.717, 1.165) is 32.1 Å². The van der Waals surface area contributed by atoms with Crippen molar-refractivity contribution in [2.24, 2.45) is 17.1 Å². The Morgan fingerprint density at radius 3 is 2.67 bits per heavy atom.